The SMILES string of the molecule is CCP1(CC)(CC)CCCC=C1F. The van der Waals surface area contributed by atoms with Gasteiger partial charge in [0.1, 0.15) is 0 Å². The number of hydrogen-bond donors (Lipinski definition) is 0. The molecule has 0 aromatic carbocycles. The van der Waals surface area contributed by atoms with Gasteiger partial charge in [0.2, 0.25) is 0 Å². The molecule has 78 valence electrons. The number of allylic oxidation sites excluding steroid dienone is 1. The second-order valence-corrected chi connectivity index (χ2v) is 11.0. The Balaban J connectivity index is 3.14. The van der Waals surface area contributed by atoms with Crippen LogP contribution in [-0.4, -0.2) is 24.6 Å². The minimum absolute atomic E-state index is 0.296. The molecule has 0 saturated carbocycles. The van der Waals surface area contributed by atoms with Gasteiger partial charge in [-0.25, -0.2) is 0 Å². The monoisotopic (exact) mass is 204 g/mol. The van der Waals surface area contributed by atoms with Gasteiger partial charge in [0, 0.05) is 0 Å². The summed E-state index contributed by atoms with van der Waals surface area (Å²) in [6, 6.07) is 0. The first-order valence-electron chi connectivity index (χ1n) is 5.50. The molecule has 0 N–H and O–H groups in total. The third-order valence-electron chi connectivity index (χ3n) is 4.35. The van der Waals surface area contributed by atoms with Crippen molar-refractivity contribution in [3.8, 4) is 0 Å². The number of rotatable bonds is 3. The van der Waals surface area contributed by atoms with E-state index in [0.717, 1.165) is 31.1 Å². The molecule has 0 fully saturated rings. The van der Waals surface area contributed by atoms with Crippen LogP contribution >= 0.6 is 6.60 Å². The van der Waals surface area contributed by atoms with Gasteiger partial charge >= 0.3 is 80.9 Å². The Kier molecular flexibility index (Phi) is 3.17. The van der Waals surface area contributed by atoms with Gasteiger partial charge in [-0.1, -0.05) is 0 Å². The third kappa shape index (κ3) is 1.46. The van der Waals surface area contributed by atoms with Crippen LogP contribution in [-0.2, 0) is 0 Å². The molecule has 1 rings (SSSR count). The molecule has 1 heterocycles. The molecule has 0 aliphatic carbocycles. The Bertz CT molecular complexity index is 205. The topological polar surface area (TPSA) is 0 Å². The van der Waals surface area contributed by atoms with E-state index in [4.69, 9.17) is 0 Å². The zero-order chi connectivity index (χ0) is 9.97. The van der Waals surface area contributed by atoms with Crippen LogP contribution in [0.15, 0.2) is 11.6 Å². The first-order valence-corrected chi connectivity index (χ1v) is 8.47. The van der Waals surface area contributed by atoms with Crippen LogP contribution in [0, 0.1) is 0 Å². The zero-order valence-electron chi connectivity index (χ0n) is 9.15. The molecule has 0 nitrogen and oxygen atoms in total. The second-order valence-electron chi connectivity index (χ2n) is 4.32. The van der Waals surface area contributed by atoms with Crippen LogP contribution in [0.3, 0.4) is 0 Å². The van der Waals surface area contributed by atoms with Crippen molar-refractivity contribution in [1.82, 2.24) is 0 Å². The van der Waals surface area contributed by atoms with Crippen molar-refractivity contribution < 1.29 is 4.39 Å². The molecule has 0 aromatic rings. The summed E-state index contributed by atoms with van der Waals surface area (Å²) in [5.74, 6) is 0. The second kappa shape index (κ2) is 3.69. The standard InChI is InChI=1S/C11H22FP/c1-4-13(5-2,6-3)10-8-7-9-11(13)12/h9H,4-8,10H2,1-3H3. The molecule has 0 amide bonds. The van der Waals surface area contributed by atoms with Crippen molar-refractivity contribution in [3.63, 3.8) is 0 Å². The van der Waals surface area contributed by atoms with Gasteiger partial charge in [0.15, 0.2) is 0 Å². The van der Waals surface area contributed by atoms with Crippen molar-refractivity contribution in [2.75, 3.05) is 24.6 Å². The molecule has 0 aromatic heterocycles. The van der Waals surface area contributed by atoms with Crippen molar-refractivity contribution in [2.24, 2.45) is 0 Å². The van der Waals surface area contributed by atoms with Crippen molar-refractivity contribution in [1.29, 1.82) is 0 Å². The maximum atomic E-state index is 14.1. The third-order valence-corrected chi connectivity index (χ3v) is 12.2. The summed E-state index contributed by atoms with van der Waals surface area (Å²) in [4.78, 5) is 0. The molecule has 0 atom stereocenters. The van der Waals surface area contributed by atoms with E-state index in [2.05, 4.69) is 20.8 Å². The summed E-state index contributed by atoms with van der Waals surface area (Å²) in [7, 11) is 0. The van der Waals surface area contributed by atoms with E-state index >= 15 is 0 Å². The molecule has 13 heavy (non-hydrogen) atoms. The molecule has 1 aliphatic heterocycles. The summed E-state index contributed by atoms with van der Waals surface area (Å²) in [5.41, 5.74) is 0.296. The summed E-state index contributed by atoms with van der Waals surface area (Å²) in [6.45, 7) is 4.52. The van der Waals surface area contributed by atoms with E-state index in [0.29, 0.717) is 5.57 Å². The van der Waals surface area contributed by atoms with Crippen molar-refractivity contribution >= 4 is 6.60 Å². The van der Waals surface area contributed by atoms with E-state index in [1.807, 2.05) is 6.08 Å². The van der Waals surface area contributed by atoms with E-state index in [1.165, 1.54) is 6.42 Å². The van der Waals surface area contributed by atoms with Gasteiger partial charge in [-0.3, -0.25) is 0 Å². The first-order chi connectivity index (χ1) is 6.13. The van der Waals surface area contributed by atoms with Crippen LogP contribution in [0.25, 0.3) is 0 Å². The molecule has 1 aliphatic rings. The molecule has 0 radical (unpaired) electrons. The van der Waals surface area contributed by atoms with Crippen molar-refractivity contribution in [2.45, 2.75) is 33.6 Å². The molecule has 0 unspecified atom stereocenters. The average Bonchev–Trinajstić information content (AvgIpc) is 2.21. The summed E-state index contributed by atoms with van der Waals surface area (Å²) >= 11 is 0. The number of halogens is 1. The Hall–Kier alpha value is 0.100. The summed E-state index contributed by atoms with van der Waals surface area (Å²) in [6.07, 6.45) is 8.42. The fourth-order valence-electron chi connectivity index (χ4n) is 2.69. The van der Waals surface area contributed by atoms with E-state index < -0.39 is 6.60 Å². The molecular weight excluding hydrogens is 182 g/mol. The zero-order valence-corrected chi connectivity index (χ0v) is 10.0. The van der Waals surface area contributed by atoms with Gasteiger partial charge in [-0.15, -0.1) is 0 Å². The Labute approximate surface area is 81.5 Å². The summed E-state index contributed by atoms with van der Waals surface area (Å²) < 4.78 is 14.1. The van der Waals surface area contributed by atoms with Crippen LogP contribution in [0.4, 0.5) is 4.39 Å². The molecule has 0 bridgehead atoms. The Morgan fingerprint density at radius 2 is 1.77 bits per heavy atom. The van der Waals surface area contributed by atoms with Crippen LogP contribution < -0.4 is 0 Å². The summed E-state index contributed by atoms with van der Waals surface area (Å²) in [5, 5.41) is 0. The molecular formula is C11H22FP. The normalized spacial score (nSPS) is 28.6. The number of hydrogen-bond acceptors (Lipinski definition) is 0. The molecule has 0 saturated heterocycles. The first kappa shape index (κ1) is 11.2. The van der Waals surface area contributed by atoms with E-state index in [-0.39, 0.29) is 0 Å². The van der Waals surface area contributed by atoms with E-state index in [1.54, 1.807) is 0 Å². The average molecular weight is 204 g/mol. The maximum absolute atomic E-state index is 14.1. The van der Waals surface area contributed by atoms with Crippen LogP contribution in [0.5, 0.6) is 0 Å². The Morgan fingerprint density at radius 1 is 1.23 bits per heavy atom. The molecule has 0 spiro atoms. The van der Waals surface area contributed by atoms with Crippen LogP contribution in [0.2, 0.25) is 0 Å². The van der Waals surface area contributed by atoms with Crippen molar-refractivity contribution in [3.05, 3.63) is 11.6 Å². The van der Waals surface area contributed by atoms with E-state index in [9.17, 15) is 4.39 Å². The predicted molar refractivity (Wildman–Crippen MR) is 61.8 cm³/mol. The fraction of sp³-hybridized carbons (Fsp3) is 0.818. The van der Waals surface area contributed by atoms with Gasteiger partial charge in [-0.05, 0) is 0 Å². The predicted octanol–water partition coefficient (Wildman–Crippen LogP) is 4.20. The van der Waals surface area contributed by atoms with Gasteiger partial charge < -0.3 is 0 Å². The van der Waals surface area contributed by atoms with Gasteiger partial charge in [-0.2, -0.15) is 0 Å². The van der Waals surface area contributed by atoms with Gasteiger partial charge in [0.05, 0.1) is 0 Å². The quantitative estimate of drug-likeness (QED) is 0.604. The Morgan fingerprint density at radius 3 is 2.08 bits per heavy atom. The fourth-order valence-corrected chi connectivity index (χ4v) is 7.76. The minimum atomic E-state index is -2.03. The molecule has 2 heteroatoms. The van der Waals surface area contributed by atoms with Gasteiger partial charge in [0.25, 0.3) is 0 Å². The van der Waals surface area contributed by atoms with Crippen LogP contribution in [0.1, 0.15) is 33.6 Å².